The van der Waals surface area contributed by atoms with E-state index in [0.717, 1.165) is 32.1 Å². The maximum absolute atomic E-state index is 9.51. The number of halogens is 2. The first kappa shape index (κ1) is 30.7. The van der Waals surface area contributed by atoms with Gasteiger partial charge < -0.3 is 5.11 Å². The number of carbonyl (C=O) groups is 1. The molecule has 0 saturated heterocycles. The van der Waals surface area contributed by atoms with Crippen LogP contribution >= 0.6 is 23.2 Å². The normalized spacial score (nSPS) is 9.85. The van der Waals surface area contributed by atoms with Crippen LogP contribution in [0.2, 0.25) is 0 Å². The van der Waals surface area contributed by atoms with Crippen molar-refractivity contribution in [2.24, 2.45) is 5.73 Å². The summed E-state index contributed by atoms with van der Waals surface area (Å²) in [7, 11) is 0. The quantitative estimate of drug-likeness (QED) is 0.248. The standard InChI is InChI=1S/C12H13ClN2Se.C10H13NSe.C3H5ClO2/c13-9-8-12-15-14-11(16-12)7-6-10-4-2-1-3-5-10;11-8-10(12)7-6-9-4-2-1-3-5-9;4-2-1-3(5)6/h1-5H,6-9H2;1-5H,6-8,11H2;1-2H2,(H,5,6). The van der Waals surface area contributed by atoms with Crippen molar-refractivity contribution in [1.82, 2.24) is 10.2 Å². The predicted molar refractivity (Wildman–Crippen MR) is 145 cm³/mol. The van der Waals surface area contributed by atoms with E-state index >= 15 is 0 Å². The summed E-state index contributed by atoms with van der Waals surface area (Å²) in [6.07, 6.45) is 5.17. The molecule has 1 aromatic heterocycles. The van der Waals surface area contributed by atoms with Gasteiger partial charge >= 0.3 is 193 Å². The van der Waals surface area contributed by atoms with Gasteiger partial charge in [0.2, 0.25) is 0 Å². The first-order valence-corrected chi connectivity index (χ1v) is 14.6. The molecule has 184 valence electrons. The Balaban J connectivity index is 0.000000284. The van der Waals surface area contributed by atoms with Crippen molar-refractivity contribution >= 4 is 63.7 Å². The second kappa shape index (κ2) is 19.9. The molecule has 0 saturated carbocycles. The Morgan fingerprint density at radius 2 is 1.35 bits per heavy atom. The van der Waals surface area contributed by atoms with E-state index in [1.165, 1.54) is 24.7 Å². The minimum atomic E-state index is -0.843. The number of alkyl halides is 2. The van der Waals surface area contributed by atoms with Gasteiger partial charge in [-0.15, -0.1) is 11.6 Å². The zero-order valence-corrected chi connectivity index (χ0v) is 24.0. The first-order chi connectivity index (χ1) is 16.5. The van der Waals surface area contributed by atoms with Crippen molar-refractivity contribution < 1.29 is 9.90 Å². The second-order valence-electron chi connectivity index (χ2n) is 7.08. The number of nitrogens with two attached hydrogens (primary N) is 1. The SMILES string of the molecule is ClCCc1nnc(CCc2ccccc2)[se]1.NCC(=[Se])CCc1ccccc1.O=C(O)CCCl. The number of hydrogen-bond donors (Lipinski definition) is 2. The maximum Gasteiger partial charge on any atom is 0.304 e. The molecule has 9 heteroatoms. The van der Waals surface area contributed by atoms with Crippen LogP contribution < -0.4 is 5.73 Å². The molecule has 3 aromatic rings. The van der Waals surface area contributed by atoms with Crippen molar-refractivity contribution in [3.05, 3.63) is 80.9 Å². The molecule has 0 bridgehead atoms. The molecule has 0 amide bonds. The zero-order chi connectivity index (χ0) is 25.0. The summed E-state index contributed by atoms with van der Waals surface area (Å²) in [6.45, 7) is 0.660. The third-order valence-corrected chi connectivity index (χ3v) is 7.70. The molecule has 0 fully saturated rings. The molecule has 0 aliphatic rings. The van der Waals surface area contributed by atoms with Crippen LogP contribution in [0.15, 0.2) is 60.7 Å². The minimum absolute atomic E-state index is 0.0571. The van der Waals surface area contributed by atoms with E-state index in [1.54, 1.807) is 0 Å². The van der Waals surface area contributed by atoms with E-state index in [2.05, 4.69) is 74.3 Å². The third-order valence-electron chi connectivity index (χ3n) is 4.36. The number of nitrogens with zero attached hydrogens (tertiary/aromatic N) is 2. The number of benzene rings is 2. The van der Waals surface area contributed by atoms with Crippen LogP contribution in [0.5, 0.6) is 0 Å². The largest absolute Gasteiger partial charge is 0.481 e. The number of rotatable bonds is 11. The Bertz CT molecular complexity index is 942. The van der Waals surface area contributed by atoms with Crippen molar-refractivity contribution in [1.29, 1.82) is 0 Å². The number of hydrogen-bond acceptors (Lipinski definition) is 4. The second-order valence-corrected chi connectivity index (χ2v) is 11.4. The van der Waals surface area contributed by atoms with Crippen molar-refractivity contribution in [3.8, 4) is 0 Å². The van der Waals surface area contributed by atoms with Gasteiger partial charge in [0.1, 0.15) is 0 Å². The maximum atomic E-state index is 9.51. The average molecular weight is 634 g/mol. The van der Waals surface area contributed by atoms with Gasteiger partial charge in [0.15, 0.2) is 0 Å². The number of carboxylic acids is 1. The van der Waals surface area contributed by atoms with Gasteiger partial charge in [0.05, 0.1) is 6.42 Å². The fraction of sp³-hybridized carbons (Fsp3) is 0.360. The van der Waals surface area contributed by atoms with Gasteiger partial charge in [-0.25, -0.2) is 0 Å². The summed E-state index contributed by atoms with van der Waals surface area (Å²) in [5.74, 6) is 0.0159. The van der Waals surface area contributed by atoms with Crippen molar-refractivity contribution in [2.45, 2.75) is 38.5 Å². The molecule has 0 radical (unpaired) electrons. The molecule has 1 heterocycles. The summed E-state index contributed by atoms with van der Waals surface area (Å²) in [4.78, 5) is 9.51. The van der Waals surface area contributed by atoms with Crippen LogP contribution in [0.25, 0.3) is 0 Å². The van der Waals surface area contributed by atoms with E-state index in [4.69, 9.17) is 34.0 Å². The Morgan fingerprint density at radius 1 is 0.824 bits per heavy atom. The molecule has 0 spiro atoms. The third kappa shape index (κ3) is 15.6. The molecule has 3 N–H and O–H groups in total. The van der Waals surface area contributed by atoms with E-state index < -0.39 is 5.97 Å². The summed E-state index contributed by atoms with van der Waals surface area (Å²) in [5.41, 5.74) is 8.21. The zero-order valence-electron chi connectivity index (χ0n) is 19.0. The molecule has 0 unspecified atom stereocenters. The molecule has 0 atom stereocenters. The average Bonchev–Trinajstić information content (AvgIpc) is 3.31. The topological polar surface area (TPSA) is 89.1 Å². The molecular formula is C25H31Cl2N3O2Se2. The van der Waals surface area contributed by atoms with E-state index in [0.29, 0.717) is 26.9 Å². The molecular weight excluding hydrogens is 603 g/mol. The molecule has 0 aliphatic heterocycles. The fourth-order valence-electron chi connectivity index (χ4n) is 2.58. The predicted octanol–water partition coefficient (Wildman–Crippen LogP) is 3.72. The Hall–Kier alpha value is -1.30. The number of aromatic nitrogens is 2. The van der Waals surface area contributed by atoms with Gasteiger partial charge in [-0.2, -0.15) is 0 Å². The number of carboxylic acid groups (broad SMARTS) is 1. The fourth-order valence-corrected chi connectivity index (χ4v) is 5.16. The van der Waals surface area contributed by atoms with Gasteiger partial charge in [-0.1, -0.05) is 0 Å². The van der Waals surface area contributed by atoms with Crippen LogP contribution in [-0.4, -0.2) is 74.1 Å². The molecule has 34 heavy (non-hydrogen) atoms. The Morgan fingerprint density at radius 3 is 1.79 bits per heavy atom. The Kier molecular flexibility index (Phi) is 18.0. The van der Waals surface area contributed by atoms with Gasteiger partial charge in [-0.05, 0) is 0 Å². The summed E-state index contributed by atoms with van der Waals surface area (Å²) in [6, 6.07) is 21.0. The van der Waals surface area contributed by atoms with E-state index in [9.17, 15) is 4.79 Å². The molecule has 3 rings (SSSR count). The molecule has 5 nitrogen and oxygen atoms in total. The Labute approximate surface area is 226 Å². The van der Waals surface area contributed by atoms with Gasteiger partial charge in [0.25, 0.3) is 0 Å². The smallest absolute Gasteiger partial charge is 0.304 e. The van der Waals surface area contributed by atoms with E-state index in [1.807, 2.05) is 12.1 Å². The molecule has 0 aliphatic carbocycles. The van der Waals surface area contributed by atoms with Crippen LogP contribution in [0.3, 0.4) is 0 Å². The summed E-state index contributed by atoms with van der Waals surface area (Å²) >= 11 is 14.0. The van der Waals surface area contributed by atoms with Crippen LogP contribution in [0.1, 0.15) is 33.1 Å². The number of aliphatic carboxylic acids is 1. The van der Waals surface area contributed by atoms with Crippen LogP contribution in [0.4, 0.5) is 0 Å². The van der Waals surface area contributed by atoms with Gasteiger partial charge in [0, 0.05) is 5.88 Å². The summed E-state index contributed by atoms with van der Waals surface area (Å²) in [5, 5.41) is 16.2. The summed E-state index contributed by atoms with van der Waals surface area (Å²) < 4.78 is 3.68. The van der Waals surface area contributed by atoms with Crippen molar-refractivity contribution in [2.75, 3.05) is 18.3 Å². The van der Waals surface area contributed by atoms with Crippen LogP contribution in [-0.2, 0) is 30.5 Å². The first-order valence-electron chi connectivity index (χ1n) is 10.9. The molecule has 2 aromatic carbocycles. The van der Waals surface area contributed by atoms with E-state index in [-0.39, 0.29) is 12.3 Å². The monoisotopic (exact) mass is 635 g/mol. The number of aryl methyl sites for hydroxylation is 4. The van der Waals surface area contributed by atoms with Crippen LogP contribution in [0, 0.1) is 0 Å². The van der Waals surface area contributed by atoms with Crippen molar-refractivity contribution in [3.63, 3.8) is 0 Å². The minimum Gasteiger partial charge on any atom is -0.481 e. The van der Waals surface area contributed by atoms with Gasteiger partial charge in [-0.3, -0.25) is 4.79 Å².